The minimum atomic E-state index is -2.53. The number of esters is 2. The molecule has 356 valence electrons. The van der Waals surface area contributed by atoms with E-state index in [1.165, 1.54) is 6.08 Å². The second-order valence-corrected chi connectivity index (χ2v) is 21.2. The van der Waals surface area contributed by atoms with Gasteiger partial charge in [0.2, 0.25) is 0 Å². The summed E-state index contributed by atoms with van der Waals surface area (Å²) in [6.45, 7) is 22.5. The number of nitrogens with zero attached hydrogens (tertiary/aromatic N) is 1. The van der Waals surface area contributed by atoms with Gasteiger partial charge in [-0.2, -0.15) is 0 Å². The molecule has 0 aromatic rings. The molecule has 0 saturated carbocycles. The Hall–Kier alpha value is -2.08. The van der Waals surface area contributed by atoms with Gasteiger partial charge < -0.3 is 43.2 Å². The fraction of sp³-hybridized carbons (Fsp3) is 0.841. The van der Waals surface area contributed by atoms with Crippen LogP contribution in [0, 0.1) is 29.1 Å². The standard InChI is InChI=1S/C44H71Cl3N2O13/c1-16-30-42(12,61-31(50)17-2)19-22(3)33(51)23(4)20-43(13,62-40(55)48-39(54)44(45,46)47)36(60-38-25(6)29(49(14)15)18-24(5)56-38)26(7)34(27(8)37(53)58-30)59-32-21-41(10,11)35(52)28(9)57-32/h19,23-30,32,34-36,38,52H,16-18,20-21H2,1-15H3,(H,48,54,55)/b22-19+/t23-,24-,25-,26+,27-,28+,29+,30-,32+,34+,35+,36-,38+,42+,43-/m1/s1. The molecule has 2 saturated heterocycles. The molecule has 0 aromatic carbocycles. The number of rotatable bonds is 9. The first-order valence-electron chi connectivity index (χ1n) is 21.6. The van der Waals surface area contributed by atoms with E-state index in [0.717, 1.165) is 0 Å². The summed E-state index contributed by atoms with van der Waals surface area (Å²) >= 11 is 17.5. The van der Waals surface area contributed by atoms with Gasteiger partial charge in [-0.1, -0.05) is 83.3 Å². The van der Waals surface area contributed by atoms with Crippen LogP contribution in [0.2, 0.25) is 0 Å². The Bertz CT molecular complexity index is 1640. The quantitative estimate of drug-likeness (QED) is 0.134. The van der Waals surface area contributed by atoms with Crippen LogP contribution >= 0.6 is 34.8 Å². The van der Waals surface area contributed by atoms with Crippen LogP contribution < -0.4 is 5.32 Å². The molecule has 3 heterocycles. The molecule has 3 aliphatic rings. The zero-order chi connectivity index (χ0) is 47.4. The fourth-order valence-corrected chi connectivity index (χ4v) is 9.46. The van der Waals surface area contributed by atoms with Crippen LogP contribution in [0.15, 0.2) is 11.6 Å². The van der Waals surface area contributed by atoms with Crippen LogP contribution in [0.4, 0.5) is 4.79 Å². The van der Waals surface area contributed by atoms with Gasteiger partial charge in [-0.25, -0.2) is 4.79 Å². The van der Waals surface area contributed by atoms with Gasteiger partial charge in [0.05, 0.1) is 30.3 Å². The summed E-state index contributed by atoms with van der Waals surface area (Å²) in [5.74, 6) is -6.19. The number of hydrogen-bond donors (Lipinski definition) is 2. The maximum atomic E-state index is 14.6. The molecule has 0 aromatic heterocycles. The first-order chi connectivity index (χ1) is 28.4. The minimum absolute atomic E-state index is 0.00272. The molecule has 15 nitrogen and oxygen atoms in total. The summed E-state index contributed by atoms with van der Waals surface area (Å²) in [5, 5.41) is 13.0. The van der Waals surface area contributed by atoms with Gasteiger partial charge >= 0.3 is 18.0 Å². The topological polar surface area (TPSA) is 185 Å². The van der Waals surface area contributed by atoms with Crippen LogP contribution in [-0.2, 0) is 52.3 Å². The Kier molecular flexibility index (Phi) is 18.8. The average Bonchev–Trinajstić information content (AvgIpc) is 3.15. The zero-order valence-corrected chi connectivity index (χ0v) is 41.3. The van der Waals surface area contributed by atoms with Crippen molar-refractivity contribution in [3.05, 3.63) is 11.6 Å². The molecule has 2 N–H and O–H groups in total. The highest BCUT2D eigenvalue weighted by Crippen LogP contribution is 2.43. The van der Waals surface area contributed by atoms with E-state index in [2.05, 4.69) is 4.90 Å². The Balaban J connectivity index is 2.39. The predicted molar refractivity (Wildman–Crippen MR) is 233 cm³/mol. The van der Waals surface area contributed by atoms with Gasteiger partial charge in [-0.15, -0.1) is 0 Å². The number of nitrogens with one attached hydrogen (secondary N) is 1. The van der Waals surface area contributed by atoms with Crippen molar-refractivity contribution < 1.29 is 62.2 Å². The van der Waals surface area contributed by atoms with Gasteiger partial charge in [0.25, 0.3) is 9.70 Å². The zero-order valence-electron chi connectivity index (χ0n) is 39.0. The number of cyclic esters (lactones) is 1. The van der Waals surface area contributed by atoms with Gasteiger partial charge in [-0.05, 0) is 92.0 Å². The van der Waals surface area contributed by atoms with Crippen LogP contribution in [0.5, 0.6) is 0 Å². The molecule has 15 atom stereocenters. The second kappa shape index (κ2) is 21.5. The van der Waals surface area contributed by atoms with Crippen molar-refractivity contribution >= 4 is 64.5 Å². The molecule has 0 radical (unpaired) electrons. The van der Waals surface area contributed by atoms with Gasteiger partial charge in [0.15, 0.2) is 24.0 Å². The molecule has 3 aliphatic heterocycles. The van der Waals surface area contributed by atoms with E-state index in [0.29, 0.717) is 6.42 Å². The number of aliphatic hydroxyl groups excluding tert-OH is 1. The maximum Gasteiger partial charge on any atom is 0.414 e. The Morgan fingerprint density at radius 2 is 1.55 bits per heavy atom. The lowest BCUT2D eigenvalue weighted by atomic mass is 9.75. The van der Waals surface area contributed by atoms with Crippen LogP contribution in [0.25, 0.3) is 0 Å². The lowest BCUT2D eigenvalue weighted by molar-refractivity contribution is -0.304. The molecule has 0 spiro atoms. The van der Waals surface area contributed by atoms with Crippen molar-refractivity contribution in [1.29, 1.82) is 0 Å². The predicted octanol–water partition coefficient (Wildman–Crippen LogP) is 7.22. The van der Waals surface area contributed by atoms with Crippen LogP contribution in [0.1, 0.15) is 122 Å². The summed E-state index contributed by atoms with van der Waals surface area (Å²) < 4.78 is 42.5. The number of ether oxygens (including phenoxy) is 7. The monoisotopic (exact) mass is 940 g/mol. The smallest absolute Gasteiger partial charge is 0.414 e. The van der Waals surface area contributed by atoms with Gasteiger partial charge in [-0.3, -0.25) is 24.5 Å². The number of alkyl carbamates (subject to hydrolysis) is 1. The van der Waals surface area contributed by atoms with Crippen molar-refractivity contribution in [3.63, 3.8) is 0 Å². The number of aliphatic hydroxyl groups is 1. The van der Waals surface area contributed by atoms with Crippen molar-refractivity contribution in [3.8, 4) is 0 Å². The molecule has 2 fully saturated rings. The third-order valence-electron chi connectivity index (χ3n) is 12.7. The van der Waals surface area contributed by atoms with E-state index in [9.17, 15) is 29.1 Å². The minimum Gasteiger partial charge on any atom is -0.457 e. The molecule has 0 bridgehead atoms. The molecule has 3 rings (SSSR count). The summed E-state index contributed by atoms with van der Waals surface area (Å²) in [5.41, 5.74) is -3.89. The maximum absolute atomic E-state index is 14.6. The first kappa shape index (κ1) is 54.3. The van der Waals surface area contributed by atoms with Crippen molar-refractivity contribution in [2.24, 2.45) is 29.1 Å². The molecule has 62 heavy (non-hydrogen) atoms. The number of carbonyl (C=O) groups is 5. The molecule has 0 aliphatic carbocycles. The van der Waals surface area contributed by atoms with E-state index >= 15 is 0 Å². The Morgan fingerprint density at radius 1 is 0.935 bits per heavy atom. The number of hydrogen-bond acceptors (Lipinski definition) is 14. The molecule has 18 heteroatoms. The number of ketones is 1. The number of carbonyl (C=O) groups excluding carboxylic acids is 5. The molecular weight excluding hydrogens is 871 g/mol. The Morgan fingerprint density at radius 3 is 2.08 bits per heavy atom. The van der Waals surface area contributed by atoms with E-state index in [1.807, 2.05) is 47.1 Å². The van der Waals surface area contributed by atoms with Crippen LogP contribution in [-0.4, -0.2) is 124 Å². The molecular formula is C44H71Cl3N2O13. The van der Waals surface area contributed by atoms with E-state index in [1.54, 1.807) is 62.3 Å². The molecule has 2 amide bonds. The largest absolute Gasteiger partial charge is 0.457 e. The number of halogens is 3. The third kappa shape index (κ3) is 13.3. The Labute approximate surface area is 382 Å². The highest BCUT2D eigenvalue weighted by atomic mass is 35.6. The first-order valence-corrected chi connectivity index (χ1v) is 22.8. The van der Waals surface area contributed by atoms with E-state index in [4.69, 9.17) is 68.0 Å². The second-order valence-electron chi connectivity index (χ2n) is 19.0. The lowest BCUT2D eigenvalue weighted by Crippen LogP contribution is -2.60. The lowest BCUT2D eigenvalue weighted by Gasteiger charge is -2.49. The summed E-state index contributed by atoms with van der Waals surface area (Å²) in [7, 11) is 3.92. The van der Waals surface area contributed by atoms with E-state index in [-0.39, 0.29) is 49.3 Å². The van der Waals surface area contributed by atoms with Crippen molar-refractivity contribution in [1.82, 2.24) is 10.2 Å². The highest BCUT2D eigenvalue weighted by Gasteiger charge is 2.54. The summed E-state index contributed by atoms with van der Waals surface area (Å²) in [6.07, 6.45) is -5.92. The number of imide groups is 1. The fourth-order valence-electron chi connectivity index (χ4n) is 9.32. The van der Waals surface area contributed by atoms with E-state index < -0.39 is 111 Å². The number of Topliss-reactive ketones (excluding diaryl/α,β-unsaturated/α-hetero) is 1. The summed E-state index contributed by atoms with van der Waals surface area (Å²) in [6, 6.07) is -0.00272. The van der Waals surface area contributed by atoms with Crippen molar-refractivity contribution in [2.75, 3.05) is 14.1 Å². The number of amides is 2. The highest BCUT2D eigenvalue weighted by molar-refractivity contribution is 6.76. The van der Waals surface area contributed by atoms with Crippen molar-refractivity contribution in [2.45, 2.75) is 192 Å². The number of allylic oxidation sites excluding steroid dienone is 1. The normalized spacial score (nSPS) is 39.7. The van der Waals surface area contributed by atoms with Gasteiger partial charge in [0, 0.05) is 36.6 Å². The van der Waals surface area contributed by atoms with Gasteiger partial charge in [0.1, 0.15) is 17.8 Å². The molecule has 0 unspecified atom stereocenters. The van der Waals surface area contributed by atoms with Crippen LogP contribution in [0.3, 0.4) is 0 Å². The third-order valence-corrected chi connectivity index (χ3v) is 13.3. The average molecular weight is 942 g/mol. The SMILES string of the molecule is CCC(=O)O[C@@]1(C)/C=C(\C)C(=O)[C@H](C)C[C@@](C)(OC(=O)NC(=O)C(Cl)(Cl)Cl)[C@H](O[C@@H]2O[C@H](C)C[C@H](N(C)C)[C@H]2C)[C@@H](C)[C@H](O[C@H]2CC(C)(C)[C@@H](O)[C@H](C)O2)[C@@H](C)C(=O)O[C@@H]1CC. The number of alkyl halides is 3. The summed E-state index contributed by atoms with van der Waals surface area (Å²) in [4.78, 5) is 70.7.